The molecule has 0 spiro atoms. The fraction of sp³-hybridized carbons (Fsp3) is 0.318. The number of hydrogen-bond acceptors (Lipinski definition) is 8. The molecular weight excluding hydrogens is 422 g/mol. The molecule has 0 aliphatic carbocycles. The lowest BCUT2D eigenvalue weighted by Crippen LogP contribution is -2.16. The quantitative estimate of drug-likeness (QED) is 0.486. The first-order valence-electron chi connectivity index (χ1n) is 9.81. The van der Waals surface area contributed by atoms with E-state index in [1.54, 1.807) is 13.8 Å². The Balaban J connectivity index is 1.69. The Morgan fingerprint density at radius 3 is 2.13 bits per heavy atom. The number of carbonyl (C=O) groups excluding carboxylic acids is 3. The van der Waals surface area contributed by atoms with Crippen molar-refractivity contribution in [3.63, 3.8) is 0 Å². The summed E-state index contributed by atoms with van der Waals surface area (Å²) in [5.41, 5.74) is 0.616. The first-order valence-corrected chi connectivity index (χ1v) is 10.8. The molecule has 1 aliphatic rings. The van der Waals surface area contributed by atoms with E-state index < -0.39 is 11.9 Å². The Morgan fingerprint density at radius 1 is 0.903 bits per heavy atom. The highest BCUT2D eigenvalue weighted by molar-refractivity contribution is 8.00. The van der Waals surface area contributed by atoms with Gasteiger partial charge < -0.3 is 24.3 Å². The van der Waals surface area contributed by atoms with Crippen molar-refractivity contribution in [2.75, 3.05) is 37.5 Å². The van der Waals surface area contributed by atoms with Gasteiger partial charge in [-0.25, -0.2) is 9.59 Å². The summed E-state index contributed by atoms with van der Waals surface area (Å²) in [6.45, 7) is 4.75. The Labute approximate surface area is 184 Å². The second-order valence-electron chi connectivity index (χ2n) is 6.38. The summed E-state index contributed by atoms with van der Waals surface area (Å²) in [4.78, 5) is 37.6. The fourth-order valence-electron chi connectivity index (χ4n) is 2.82. The van der Waals surface area contributed by atoms with Crippen LogP contribution < -0.4 is 14.8 Å². The number of benzene rings is 2. The van der Waals surface area contributed by atoms with Crippen LogP contribution in [0.25, 0.3) is 0 Å². The van der Waals surface area contributed by atoms with Crippen molar-refractivity contribution in [2.45, 2.75) is 18.7 Å². The van der Waals surface area contributed by atoms with Gasteiger partial charge in [0.25, 0.3) is 0 Å². The zero-order valence-corrected chi connectivity index (χ0v) is 18.1. The van der Waals surface area contributed by atoms with E-state index in [-0.39, 0.29) is 36.0 Å². The van der Waals surface area contributed by atoms with Crippen molar-refractivity contribution >= 4 is 35.3 Å². The molecule has 0 atom stereocenters. The molecule has 1 aliphatic heterocycles. The molecule has 0 fully saturated rings. The number of hydrogen-bond donors (Lipinski definition) is 1. The highest BCUT2D eigenvalue weighted by Crippen LogP contribution is 2.34. The van der Waals surface area contributed by atoms with E-state index in [0.29, 0.717) is 30.4 Å². The van der Waals surface area contributed by atoms with Gasteiger partial charge in [0.05, 0.1) is 30.1 Å². The molecule has 0 aromatic heterocycles. The lowest BCUT2D eigenvalue weighted by molar-refractivity contribution is -0.113. The van der Waals surface area contributed by atoms with Gasteiger partial charge in [0.2, 0.25) is 5.91 Å². The van der Waals surface area contributed by atoms with Gasteiger partial charge in [-0.2, -0.15) is 0 Å². The first kappa shape index (κ1) is 22.5. The van der Waals surface area contributed by atoms with Crippen LogP contribution >= 0.6 is 11.8 Å². The van der Waals surface area contributed by atoms with Crippen LogP contribution in [0.1, 0.15) is 34.6 Å². The van der Waals surface area contributed by atoms with Crippen molar-refractivity contribution in [1.29, 1.82) is 0 Å². The van der Waals surface area contributed by atoms with Crippen molar-refractivity contribution in [3.05, 3.63) is 47.5 Å². The molecule has 2 aromatic rings. The largest absolute Gasteiger partial charge is 0.486 e. The first-order chi connectivity index (χ1) is 15.0. The Hall–Kier alpha value is -3.20. The molecule has 9 heteroatoms. The number of fused-ring (bicyclic) bond motifs is 1. The molecule has 0 bridgehead atoms. The van der Waals surface area contributed by atoms with Crippen LogP contribution in [0.15, 0.2) is 41.3 Å². The zero-order valence-electron chi connectivity index (χ0n) is 17.3. The summed E-state index contributed by atoms with van der Waals surface area (Å²) in [6, 6.07) is 9.80. The van der Waals surface area contributed by atoms with Crippen molar-refractivity contribution in [2.24, 2.45) is 0 Å². The van der Waals surface area contributed by atoms with Gasteiger partial charge in [0.15, 0.2) is 11.5 Å². The fourth-order valence-corrected chi connectivity index (χ4v) is 3.55. The van der Waals surface area contributed by atoms with Crippen LogP contribution in [0.3, 0.4) is 0 Å². The predicted octanol–water partition coefficient (Wildman–Crippen LogP) is 3.54. The minimum atomic E-state index is -0.588. The number of esters is 2. The summed E-state index contributed by atoms with van der Waals surface area (Å²) in [6.07, 6.45) is 0. The smallest absolute Gasteiger partial charge is 0.338 e. The third-order valence-corrected chi connectivity index (χ3v) is 5.12. The molecule has 1 heterocycles. The lowest BCUT2D eigenvalue weighted by atomic mass is 10.1. The molecule has 3 rings (SSSR count). The summed E-state index contributed by atoms with van der Waals surface area (Å²) >= 11 is 1.33. The highest BCUT2D eigenvalue weighted by atomic mass is 32.2. The standard InChI is InChI=1S/C22H23NO7S/c1-3-27-21(25)14-9-15(22(26)28-4-2)11-16(10-14)23-20(24)13-31-17-5-6-18-19(12-17)30-8-7-29-18/h5-6,9-12H,3-4,7-8,13H2,1-2H3,(H,23,24). The van der Waals surface area contributed by atoms with Crippen LogP contribution in [0.4, 0.5) is 5.69 Å². The molecule has 2 aromatic carbocycles. The maximum absolute atomic E-state index is 12.5. The van der Waals surface area contributed by atoms with E-state index in [1.165, 1.54) is 30.0 Å². The average Bonchev–Trinajstić information content (AvgIpc) is 2.77. The maximum atomic E-state index is 12.5. The summed E-state index contributed by atoms with van der Waals surface area (Å²) in [5, 5.41) is 2.72. The van der Waals surface area contributed by atoms with Crippen LogP contribution in [0.2, 0.25) is 0 Å². The highest BCUT2D eigenvalue weighted by Gasteiger charge is 2.17. The lowest BCUT2D eigenvalue weighted by Gasteiger charge is -2.18. The second-order valence-corrected chi connectivity index (χ2v) is 7.43. The Kier molecular flexibility index (Phi) is 7.77. The number of nitrogens with one attached hydrogen (secondary N) is 1. The zero-order chi connectivity index (χ0) is 22.2. The normalized spacial score (nSPS) is 12.1. The molecule has 31 heavy (non-hydrogen) atoms. The maximum Gasteiger partial charge on any atom is 0.338 e. The molecule has 0 saturated carbocycles. The van der Waals surface area contributed by atoms with Crippen molar-refractivity contribution < 1.29 is 33.3 Å². The second kappa shape index (κ2) is 10.7. The van der Waals surface area contributed by atoms with E-state index in [4.69, 9.17) is 18.9 Å². The number of rotatable bonds is 8. The molecule has 0 saturated heterocycles. The van der Waals surface area contributed by atoms with Crippen LogP contribution in [0.5, 0.6) is 11.5 Å². The van der Waals surface area contributed by atoms with Crippen molar-refractivity contribution in [1.82, 2.24) is 0 Å². The monoisotopic (exact) mass is 445 g/mol. The van der Waals surface area contributed by atoms with Gasteiger partial charge in [-0.1, -0.05) is 0 Å². The third kappa shape index (κ3) is 6.14. The molecular formula is C22H23NO7S. The van der Waals surface area contributed by atoms with E-state index in [2.05, 4.69) is 5.32 Å². The molecule has 8 nitrogen and oxygen atoms in total. The summed E-state index contributed by atoms with van der Waals surface area (Å²) in [5.74, 6) is -0.0154. The number of ether oxygens (including phenoxy) is 4. The van der Waals surface area contributed by atoms with Gasteiger partial charge >= 0.3 is 11.9 Å². The molecule has 164 valence electrons. The summed E-state index contributed by atoms with van der Waals surface area (Å²) in [7, 11) is 0. The van der Waals surface area contributed by atoms with E-state index in [1.807, 2.05) is 18.2 Å². The molecule has 0 radical (unpaired) electrons. The van der Waals surface area contributed by atoms with Gasteiger partial charge in [0, 0.05) is 10.6 Å². The summed E-state index contributed by atoms with van der Waals surface area (Å²) < 4.78 is 21.0. The minimum absolute atomic E-state index is 0.123. The van der Waals surface area contributed by atoms with Gasteiger partial charge in [-0.05, 0) is 50.2 Å². The van der Waals surface area contributed by atoms with Gasteiger partial charge in [-0.15, -0.1) is 11.8 Å². The van der Waals surface area contributed by atoms with Gasteiger partial charge in [0.1, 0.15) is 13.2 Å². The van der Waals surface area contributed by atoms with E-state index >= 15 is 0 Å². The Morgan fingerprint density at radius 2 is 1.52 bits per heavy atom. The van der Waals surface area contributed by atoms with E-state index in [0.717, 1.165) is 4.90 Å². The average molecular weight is 445 g/mol. The van der Waals surface area contributed by atoms with Crippen LogP contribution in [-0.2, 0) is 14.3 Å². The SMILES string of the molecule is CCOC(=O)c1cc(NC(=O)CSc2ccc3c(c2)OCCO3)cc(C(=O)OCC)c1. The molecule has 1 N–H and O–H groups in total. The number of anilines is 1. The third-order valence-electron chi connectivity index (χ3n) is 4.12. The molecule has 0 unspecified atom stereocenters. The van der Waals surface area contributed by atoms with Crippen molar-refractivity contribution in [3.8, 4) is 11.5 Å². The predicted molar refractivity (Wildman–Crippen MR) is 115 cm³/mol. The van der Waals surface area contributed by atoms with E-state index in [9.17, 15) is 14.4 Å². The van der Waals surface area contributed by atoms with Crippen LogP contribution in [-0.4, -0.2) is 50.0 Å². The number of amides is 1. The van der Waals surface area contributed by atoms with Gasteiger partial charge in [-0.3, -0.25) is 4.79 Å². The Bertz CT molecular complexity index is 940. The topological polar surface area (TPSA) is 100 Å². The van der Waals surface area contributed by atoms with Crippen LogP contribution in [0, 0.1) is 0 Å². The number of carbonyl (C=O) groups is 3. The number of thioether (sulfide) groups is 1. The minimum Gasteiger partial charge on any atom is -0.486 e. The molecule has 1 amide bonds.